The molecule has 92 valence electrons. The first-order valence-corrected chi connectivity index (χ1v) is 4.64. The quantitative estimate of drug-likeness (QED) is 0.607. The van der Waals surface area contributed by atoms with E-state index in [1.807, 2.05) is 0 Å². The monoisotopic (exact) mass is 249 g/mol. The van der Waals surface area contributed by atoms with E-state index in [9.17, 15) is 19.7 Å². The number of nitriles is 1. The highest BCUT2D eigenvalue weighted by Crippen LogP contribution is 2.22. The van der Waals surface area contributed by atoms with Crippen LogP contribution in [-0.4, -0.2) is 21.9 Å². The minimum absolute atomic E-state index is 0.0817. The van der Waals surface area contributed by atoms with Crippen molar-refractivity contribution >= 4 is 23.3 Å². The zero-order valence-corrected chi connectivity index (χ0v) is 8.91. The molecule has 0 unspecified atom stereocenters. The third kappa shape index (κ3) is 3.02. The Morgan fingerprint density at radius 2 is 2.17 bits per heavy atom. The molecule has 1 amide bonds. The minimum atomic E-state index is -1.47. The first-order chi connectivity index (χ1) is 8.45. The number of aromatic carboxylic acids is 1. The fourth-order valence-electron chi connectivity index (χ4n) is 1.22. The van der Waals surface area contributed by atoms with Crippen LogP contribution in [0.1, 0.15) is 16.8 Å². The van der Waals surface area contributed by atoms with Gasteiger partial charge in [0.25, 0.3) is 5.69 Å². The highest BCUT2D eigenvalue weighted by atomic mass is 16.6. The summed E-state index contributed by atoms with van der Waals surface area (Å²) in [5, 5.41) is 29.9. The van der Waals surface area contributed by atoms with Gasteiger partial charge in [0.1, 0.15) is 12.0 Å². The van der Waals surface area contributed by atoms with Crippen molar-refractivity contribution in [2.75, 3.05) is 5.32 Å². The number of nitrogens with zero attached hydrogens (tertiary/aromatic N) is 2. The number of carboxylic acid groups (broad SMARTS) is 1. The lowest BCUT2D eigenvalue weighted by Gasteiger charge is -2.04. The van der Waals surface area contributed by atoms with Gasteiger partial charge >= 0.3 is 5.97 Å². The summed E-state index contributed by atoms with van der Waals surface area (Å²) in [5.41, 5.74) is -1.02. The Morgan fingerprint density at radius 1 is 1.50 bits per heavy atom. The summed E-state index contributed by atoms with van der Waals surface area (Å²) in [4.78, 5) is 31.7. The predicted octanol–water partition coefficient (Wildman–Crippen LogP) is 1.15. The normalized spacial score (nSPS) is 9.28. The Hall–Kier alpha value is -2.95. The summed E-state index contributed by atoms with van der Waals surface area (Å²) in [6.45, 7) is 0. The van der Waals surface area contributed by atoms with E-state index in [-0.39, 0.29) is 12.1 Å². The lowest BCUT2D eigenvalue weighted by atomic mass is 10.1. The lowest BCUT2D eigenvalue weighted by Crippen LogP contribution is -2.11. The maximum absolute atomic E-state index is 11.1. The Bertz CT molecular complexity index is 561. The molecule has 1 aromatic rings. The fourth-order valence-corrected chi connectivity index (χ4v) is 1.22. The number of anilines is 1. The standard InChI is InChI=1S/C10H7N3O5/c11-4-3-9(14)12-6-1-2-8(13(17)18)7(5-6)10(15)16/h1-2,5H,3H2,(H,12,14)(H,15,16). The topological polar surface area (TPSA) is 133 Å². The Balaban J connectivity index is 3.08. The molecule has 18 heavy (non-hydrogen) atoms. The number of nitrogens with one attached hydrogen (secondary N) is 1. The van der Waals surface area contributed by atoms with E-state index >= 15 is 0 Å². The van der Waals surface area contributed by atoms with Crippen molar-refractivity contribution in [3.05, 3.63) is 33.9 Å². The van der Waals surface area contributed by atoms with Crippen LogP contribution < -0.4 is 5.32 Å². The number of nitro benzene ring substituents is 1. The summed E-state index contributed by atoms with van der Waals surface area (Å²) in [7, 11) is 0. The van der Waals surface area contributed by atoms with Crippen molar-refractivity contribution in [1.29, 1.82) is 5.26 Å². The average molecular weight is 249 g/mol. The minimum Gasteiger partial charge on any atom is -0.477 e. The molecule has 0 atom stereocenters. The number of amides is 1. The zero-order chi connectivity index (χ0) is 13.7. The summed E-state index contributed by atoms with van der Waals surface area (Å²) in [6, 6.07) is 4.76. The summed E-state index contributed by atoms with van der Waals surface area (Å²) < 4.78 is 0. The van der Waals surface area contributed by atoms with Gasteiger partial charge in [0, 0.05) is 11.8 Å². The van der Waals surface area contributed by atoms with Gasteiger partial charge in [-0.1, -0.05) is 0 Å². The van der Waals surface area contributed by atoms with Gasteiger partial charge in [-0.3, -0.25) is 14.9 Å². The molecule has 0 saturated heterocycles. The molecule has 0 aliphatic heterocycles. The van der Waals surface area contributed by atoms with E-state index in [1.165, 1.54) is 6.07 Å². The van der Waals surface area contributed by atoms with Gasteiger partial charge in [0.2, 0.25) is 5.91 Å². The second-order valence-electron chi connectivity index (χ2n) is 3.18. The van der Waals surface area contributed by atoms with Crippen molar-refractivity contribution in [2.45, 2.75) is 6.42 Å². The molecule has 8 heteroatoms. The molecular weight excluding hydrogens is 242 g/mol. The molecule has 0 aliphatic rings. The number of nitro groups is 1. The van der Waals surface area contributed by atoms with Gasteiger partial charge < -0.3 is 10.4 Å². The first-order valence-electron chi connectivity index (χ1n) is 4.64. The highest BCUT2D eigenvalue weighted by Gasteiger charge is 2.20. The van der Waals surface area contributed by atoms with Crippen LogP contribution in [0.15, 0.2) is 18.2 Å². The van der Waals surface area contributed by atoms with Crippen molar-refractivity contribution in [1.82, 2.24) is 0 Å². The van der Waals surface area contributed by atoms with Crippen LogP contribution in [0.3, 0.4) is 0 Å². The third-order valence-electron chi connectivity index (χ3n) is 1.95. The number of rotatable bonds is 4. The largest absolute Gasteiger partial charge is 0.477 e. The van der Waals surface area contributed by atoms with E-state index in [4.69, 9.17) is 10.4 Å². The van der Waals surface area contributed by atoms with E-state index in [1.54, 1.807) is 6.07 Å². The second kappa shape index (κ2) is 5.40. The lowest BCUT2D eigenvalue weighted by molar-refractivity contribution is -0.385. The molecule has 0 radical (unpaired) electrons. The Morgan fingerprint density at radius 3 is 2.67 bits per heavy atom. The summed E-state index contributed by atoms with van der Waals surface area (Å²) in [6.07, 6.45) is -0.389. The maximum Gasteiger partial charge on any atom is 0.342 e. The summed E-state index contributed by atoms with van der Waals surface area (Å²) >= 11 is 0. The molecule has 1 aromatic carbocycles. The molecule has 0 aliphatic carbocycles. The van der Waals surface area contributed by atoms with Crippen LogP contribution in [0.4, 0.5) is 11.4 Å². The van der Waals surface area contributed by atoms with E-state index in [0.29, 0.717) is 0 Å². The fraction of sp³-hybridized carbons (Fsp3) is 0.100. The van der Waals surface area contributed by atoms with Gasteiger partial charge in [0.05, 0.1) is 11.0 Å². The smallest absolute Gasteiger partial charge is 0.342 e. The summed E-state index contributed by atoms with van der Waals surface area (Å²) in [5.74, 6) is -2.10. The van der Waals surface area contributed by atoms with Crippen molar-refractivity contribution in [2.24, 2.45) is 0 Å². The van der Waals surface area contributed by atoms with Crippen molar-refractivity contribution in [3.8, 4) is 6.07 Å². The van der Waals surface area contributed by atoms with Crippen molar-refractivity contribution < 1.29 is 19.6 Å². The highest BCUT2D eigenvalue weighted by molar-refractivity contribution is 5.97. The maximum atomic E-state index is 11.1. The van der Waals surface area contributed by atoms with Crippen LogP contribution in [-0.2, 0) is 4.79 Å². The number of hydrogen-bond acceptors (Lipinski definition) is 5. The van der Waals surface area contributed by atoms with Gasteiger partial charge in [-0.2, -0.15) is 5.26 Å². The van der Waals surface area contributed by atoms with Crippen molar-refractivity contribution in [3.63, 3.8) is 0 Å². The molecule has 0 heterocycles. The van der Waals surface area contributed by atoms with E-state index in [2.05, 4.69) is 5.32 Å². The van der Waals surface area contributed by atoms with Gasteiger partial charge in [0.15, 0.2) is 0 Å². The van der Waals surface area contributed by atoms with Gasteiger partial charge in [-0.15, -0.1) is 0 Å². The third-order valence-corrected chi connectivity index (χ3v) is 1.95. The molecular formula is C10H7N3O5. The van der Waals surface area contributed by atoms with E-state index < -0.39 is 28.1 Å². The molecule has 0 fully saturated rings. The average Bonchev–Trinajstić information content (AvgIpc) is 2.28. The molecule has 0 aromatic heterocycles. The van der Waals surface area contributed by atoms with Gasteiger partial charge in [-0.05, 0) is 12.1 Å². The van der Waals surface area contributed by atoms with Crippen LogP contribution in [0.5, 0.6) is 0 Å². The number of hydrogen-bond donors (Lipinski definition) is 2. The second-order valence-corrected chi connectivity index (χ2v) is 3.18. The predicted molar refractivity (Wildman–Crippen MR) is 58.9 cm³/mol. The molecule has 0 saturated carbocycles. The number of carboxylic acids is 1. The van der Waals surface area contributed by atoms with Crippen LogP contribution in [0, 0.1) is 21.4 Å². The number of benzene rings is 1. The van der Waals surface area contributed by atoms with Crippen LogP contribution in [0.2, 0.25) is 0 Å². The first kappa shape index (κ1) is 13.1. The molecule has 2 N–H and O–H groups in total. The Labute approximate surface area is 101 Å². The van der Waals surface area contributed by atoms with Crippen LogP contribution >= 0.6 is 0 Å². The van der Waals surface area contributed by atoms with Gasteiger partial charge in [-0.25, -0.2) is 4.79 Å². The zero-order valence-electron chi connectivity index (χ0n) is 8.91. The van der Waals surface area contributed by atoms with E-state index in [0.717, 1.165) is 12.1 Å². The number of carbonyl (C=O) groups excluding carboxylic acids is 1. The Kier molecular flexibility index (Phi) is 3.93. The molecule has 8 nitrogen and oxygen atoms in total. The SMILES string of the molecule is N#CCC(=O)Nc1ccc([N+](=O)[O-])c(C(=O)O)c1. The molecule has 0 spiro atoms. The molecule has 1 rings (SSSR count). The molecule has 0 bridgehead atoms. The van der Waals surface area contributed by atoms with Crippen LogP contribution in [0.25, 0.3) is 0 Å². The number of carbonyl (C=O) groups is 2.